The molecule has 0 spiro atoms. The first-order valence-corrected chi connectivity index (χ1v) is 8.32. The van der Waals surface area contributed by atoms with Gasteiger partial charge in [0.05, 0.1) is 16.7 Å². The molecule has 3 rings (SSSR count). The molecule has 1 N–H and O–H groups in total. The van der Waals surface area contributed by atoms with Crippen LogP contribution in [0.1, 0.15) is 16.1 Å². The van der Waals surface area contributed by atoms with Crippen LogP contribution in [0.4, 0.5) is 11.4 Å². The Morgan fingerprint density at radius 2 is 1.93 bits per heavy atom. The van der Waals surface area contributed by atoms with Gasteiger partial charge in [0.1, 0.15) is 18.2 Å². The van der Waals surface area contributed by atoms with Gasteiger partial charge in [0.25, 0.3) is 11.6 Å². The van der Waals surface area contributed by atoms with Gasteiger partial charge in [0, 0.05) is 25.4 Å². The van der Waals surface area contributed by atoms with Crippen molar-refractivity contribution in [1.29, 1.82) is 0 Å². The number of non-ortho nitro benzene ring substituents is 1. The summed E-state index contributed by atoms with van der Waals surface area (Å²) in [6, 6.07) is 12.8. The van der Waals surface area contributed by atoms with Crippen LogP contribution < -0.4 is 10.1 Å². The van der Waals surface area contributed by atoms with Crippen molar-refractivity contribution in [2.45, 2.75) is 13.7 Å². The standard InChI is InChI=1S/C19H18N4O5/c1-13-3-5-16(6-4-13)28-17-10-14(9-15(11-17)23(25)26)20-19(24)18-7-8-22(21-18)12-27-2/h3-11H,12H2,1-2H3,(H,20,24). The average molecular weight is 382 g/mol. The number of ether oxygens (including phenoxy) is 2. The molecule has 3 aromatic rings. The molecule has 0 radical (unpaired) electrons. The third-order valence-electron chi connectivity index (χ3n) is 3.75. The molecule has 2 aromatic carbocycles. The number of benzene rings is 2. The Bertz CT molecular complexity index is 998. The van der Waals surface area contributed by atoms with E-state index in [1.807, 2.05) is 19.1 Å². The molecule has 9 heteroatoms. The van der Waals surface area contributed by atoms with Crippen LogP contribution in [0.2, 0.25) is 0 Å². The maximum absolute atomic E-state index is 12.4. The molecule has 0 saturated heterocycles. The van der Waals surface area contributed by atoms with E-state index in [4.69, 9.17) is 9.47 Å². The fraction of sp³-hybridized carbons (Fsp3) is 0.158. The van der Waals surface area contributed by atoms with E-state index in [2.05, 4.69) is 10.4 Å². The van der Waals surface area contributed by atoms with Gasteiger partial charge in [0.2, 0.25) is 0 Å². The van der Waals surface area contributed by atoms with Crippen LogP contribution in [0.3, 0.4) is 0 Å². The number of aromatic nitrogens is 2. The zero-order valence-corrected chi connectivity index (χ0v) is 15.3. The van der Waals surface area contributed by atoms with Crippen molar-refractivity contribution in [3.8, 4) is 11.5 Å². The second kappa shape index (κ2) is 8.31. The molecule has 0 bridgehead atoms. The Morgan fingerprint density at radius 1 is 1.18 bits per heavy atom. The predicted octanol–water partition coefficient (Wildman–Crippen LogP) is 3.75. The average Bonchev–Trinajstić information content (AvgIpc) is 3.12. The maximum Gasteiger partial charge on any atom is 0.276 e. The summed E-state index contributed by atoms with van der Waals surface area (Å²) >= 11 is 0. The van der Waals surface area contributed by atoms with Crippen molar-refractivity contribution in [2.75, 3.05) is 12.4 Å². The van der Waals surface area contributed by atoms with Gasteiger partial charge < -0.3 is 14.8 Å². The van der Waals surface area contributed by atoms with Crippen molar-refractivity contribution in [2.24, 2.45) is 0 Å². The number of methoxy groups -OCH3 is 1. The van der Waals surface area contributed by atoms with E-state index in [0.29, 0.717) is 5.75 Å². The minimum absolute atomic E-state index is 0.157. The minimum atomic E-state index is -0.551. The van der Waals surface area contributed by atoms with Crippen molar-refractivity contribution in [1.82, 2.24) is 9.78 Å². The van der Waals surface area contributed by atoms with Crippen LogP contribution in [0.25, 0.3) is 0 Å². The number of hydrogen-bond acceptors (Lipinski definition) is 6. The Labute approximate surface area is 160 Å². The zero-order valence-electron chi connectivity index (χ0n) is 15.3. The van der Waals surface area contributed by atoms with E-state index < -0.39 is 10.8 Å². The first-order chi connectivity index (χ1) is 13.4. The van der Waals surface area contributed by atoms with E-state index in [0.717, 1.165) is 5.56 Å². The lowest BCUT2D eigenvalue weighted by Gasteiger charge is -2.09. The number of carbonyl (C=O) groups is 1. The molecule has 1 aromatic heterocycles. The summed E-state index contributed by atoms with van der Waals surface area (Å²) in [5.74, 6) is 0.261. The van der Waals surface area contributed by atoms with Crippen LogP contribution in [0.5, 0.6) is 11.5 Å². The largest absolute Gasteiger partial charge is 0.457 e. The number of nitrogens with one attached hydrogen (secondary N) is 1. The maximum atomic E-state index is 12.4. The normalized spacial score (nSPS) is 10.5. The lowest BCUT2D eigenvalue weighted by molar-refractivity contribution is -0.384. The van der Waals surface area contributed by atoms with E-state index in [1.54, 1.807) is 18.3 Å². The van der Waals surface area contributed by atoms with Crippen LogP contribution >= 0.6 is 0 Å². The second-order valence-corrected chi connectivity index (χ2v) is 6.00. The van der Waals surface area contributed by atoms with Crippen molar-refractivity contribution in [3.05, 3.63) is 76.1 Å². The van der Waals surface area contributed by atoms with E-state index >= 15 is 0 Å². The molecular weight excluding hydrogens is 364 g/mol. The molecule has 0 aliphatic carbocycles. The lowest BCUT2D eigenvalue weighted by atomic mass is 10.2. The van der Waals surface area contributed by atoms with Gasteiger partial charge in [-0.05, 0) is 25.1 Å². The van der Waals surface area contributed by atoms with Crippen LogP contribution in [0, 0.1) is 17.0 Å². The Balaban J connectivity index is 1.82. The molecule has 1 amide bonds. The number of nitro groups is 1. The molecule has 144 valence electrons. The summed E-state index contributed by atoms with van der Waals surface area (Å²) in [4.78, 5) is 23.1. The first-order valence-electron chi connectivity index (χ1n) is 8.32. The van der Waals surface area contributed by atoms with Crippen LogP contribution in [-0.2, 0) is 11.5 Å². The molecule has 0 atom stereocenters. The molecule has 1 heterocycles. The third kappa shape index (κ3) is 4.71. The highest BCUT2D eigenvalue weighted by molar-refractivity contribution is 6.03. The molecule has 9 nitrogen and oxygen atoms in total. The van der Waals surface area contributed by atoms with Gasteiger partial charge in [-0.15, -0.1) is 0 Å². The summed E-state index contributed by atoms with van der Waals surface area (Å²) in [6.45, 7) is 2.15. The first kappa shape index (κ1) is 19.1. The fourth-order valence-electron chi connectivity index (χ4n) is 2.44. The molecule has 0 aliphatic heterocycles. The van der Waals surface area contributed by atoms with Gasteiger partial charge in [-0.25, -0.2) is 4.68 Å². The fourth-order valence-corrected chi connectivity index (χ4v) is 2.44. The van der Waals surface area contributed by atoms with Gasteiger partial charge >= 0.3 is 0 Å². The molecular formula is C19H18N4O5. The summed E-state index contributed by atoms with van der Waals surface area (Å²) in [7, 11) is 1.51. The van der Waals surface area contributed by atoms with Crippen LogP contribution in [0.15, 0.2) is 54.7 Å². The second-order valence-electron chi connectivity index (χ2n) is 6.00. The Kier molecular flexibility index (Phi) is 5.66. The van der Waals surface area contributed by atoms with Crippen LogP contribution in [-0.4, -0.2) is 27.7 Å². The predicted molar refractivity (Wildman–Crippen MR) is 102 cm³/mol. The molecule has 0 aliphatic rings. The third-order valence-corrected chi connectivity index (χ3v) is 3.75. The van der Waals surface area contributed by atoms with Gasteiger partial charge in [-0.1, -0.05) is 17.7 Å². The topological polar surface area (TPSA) is 109 Å². The zero-order chi connectivity index (χ0) is 20.1. The Morgan fingerprint density at radius 3 is 2.61 bits per heavy atom. The van der Waals surface area contributed by atoms with Gasteiger partial charge in [-0.3, -0.25) is 14.9 Å². The summed E-state index contributed by atoms with van der Waals surface area (Å²) < 4.78 is 12.1. The van der Waals surface area contributed by atoms with Crippen molar-refractivity contribution < 1.29 is 19.2 Å². The number of nitro benzene ring substituents is 1. The summed E-state index contributed by atoms with van der Waals surface area (Å²) in [6.07, 6.45) is 1.60. The number of aryl methyl sites for hydroxylation is 1. The number of rotatable bonds is 7. The highest BCUT2D eigenvalue weighted by Crippen LogP contribution is 2.30. The number of nitrogens with zero attached hydrogens (tertiary/aromatic N) is 3. The van der Waals surface area contributed by atoms with E-state index in [1.165, 1.54) is 36.1 Å². The summed E-state index contributed by atoms with van der Waals surface area (Å²) in [5.41, 5.74) is 1.24. The monoisotopic (exact) mass is 382 g/mol. The SMILES string of the molecule is COCn1ccc(C(=O)Nc2cc(Oc3ccc(C)cc3)cc([N+](=O)[O-])c2)n1. The highest BCUT2D eigenvalue weighted by Gasteiger charge is 2.15. The highest BCUT2D eigenvalue weighted by atomic mass is 16.6. The molecule has 0 fully saturated rings. The summed E-state index contributed by atoms with van der Waals surface area (Å²) in [5, 5.41) is 17.9. The van der Waals surface area contributed by atoms with Crippen molar-refractivity contribution in [3.63, 3.8) is 0 Å². The van der Waals surface area contributed by atoms with E-state index in [-0.39, 0.29) is 29.5 Å². The molecule has 0 saturated carbocycles. The number of hydrogen-bond donors (Lipinski definition) is 1. The number of amides is 1. The smallest absolute Gasteiger partial charge is 0.276 e. The number of carbonyl (C=O) groups excluding carboxylic acids is 1. The van der Waals surface area contributed by atoms with E-state index in [9.17, 15) is 14.9 Å². The Hall–Kier alpha value is -3.72. The van der Waals surface area contributed by atoms with Crippen molar-refractivity contribution >= 4 is 17.3 Å². The van der Waals surface area contributed by atoms with Gasteiger partial charge in [0.15, 0.2) is 5.69 Å². The molecule has 28 heavy (non-hydrogen) atoms. The number of anilines is 1. The minimum Gasteiger partial charge on any atom is -0.457 e. The van der Waals surface area contributed by atoms with Gasteiger partial charge in [-0.2, -0.15) is 5.10 Å². The molecule has 0 unspecified atom stereocenters. The quantitative estimate of drug-likeness (QED) is 0.492. The lowest BCUT2D eigenvalue weighted by Crippen LogP contribution is -2.14.